The molecule has 34 heavy (non-hydrogen) atoms. The van der Waals surface area contributed by atoms with Gasteiger partial charge in [0.15, 0.2) is 4.90 Å². The number of nitrogens with zero attached hydrogens (tertiary/aromatic N) is 2. The van der Waals surface area contributed by atoms with Crippen LogP contribution in [0.3, 0.4) is 0 Å². The molecule has 1 aliphatic heterocycles. The number of aromatic amines is 2. The summed E-state index contributed by atoms with van der Waals surface area (Å²) in [5.41, 5.74) is 0.136. The highest BCUT2D eigenvalue weighted by molar-refractivity contribution is 7.89. The standard InChI is InChI=1S/C21H18Cl3N5O4S/c1-11-19(20(30)27-21(31)26-11)34(32,33)25-10-15-9-18(12-2-4-13(22)5-3-12)29(28-15)17-7-6-14(23)8-16(17)24/h2-8,18,25H,9-10H2,1H3,(H2,26,27,30,31). The zero-order valence-corrected chi connectivity index (χ0v) is 20.7. The van der Waals surface area contributed by atoms with E-state index in [-0.39, 0.29) is 18.3 Å². The van der Waals surface area contributed by atoms with Crippen molar-refractivity contribution in [3.8, 4) is 0 Å². The van der Waals surface area contributed by atoms with Crippen LogP contribution < -0.4 is 21.0 Å². The fourth-order valence-corrected chi connectivity index (χ4v) is 5.55. The van der Waals surface area contributed by atoms with Crippen LogP contribution in [0.25, 0.3) is 0 Å². The van der Waals surface area contributed by atoms with Gasteiger partial charge in [-0.15, -0.1) is 0 Å². The third-order valence-corrected chi connectivity index (χ3v) is 7.54. The third-order valence-electron chi connectivity index (χ3n) is 5.19. The van der Waals surface area contributed by atoms with Crippen LogP contribution >= 0.6 is 34.8 Å². The highest BCUT2D eigenvalue weighted by Gasteiger charge is 2.31. The van der Waals surface area contributed by atoms with E-state index in [1.54, 1.807) is 35.3 Å². The molecule has 0 spiro atoms. The molecule has 2 aromatic carbocycles. The van der Waals surface area contributed by atoms with Crippen LogP contribution in [-0.2, 0) is 10.0 Å². The number of nitrogens with one attached hydrogen (secondary N) is 3. The first kappa shape index (κ1) is 24.5. The lowest BCUT2D eigenvalue weighted by atomic mass is 10.0. The van der Waals surface area contributed by atoms with Crippen molar-refractivity contribution in [2.24, 2.45) is 5.10 Å². The summed E-state index contributed by atoms with van der Waals surface area (Å²) in [7, 11) is -4.23. The van der Waals surface area contributed by atoms with E-state index in [1.807, 2.05) is 17.1 Å². The lowest BCUT2D eigenvalue weighted by Crippen LogP contribution is -2.36. The molecule has 13 heteroatoms. The molecule has 0 saturated heterocycles. The maximum absolute atomic E-state index is 12.8. The zero-order chi connectivity index (χ0) is 24.6. The molecule has 3 aromatic rings. The predicted octanol–water partition coefficient (Wildman–Crippen LogP) is 3.62. The van der Waals surface area contributed by atoms with Gasteiger partial charge in [-0.25, -0.2) is 17.9 Å². The molecule has 1 aliphatic rings. The summed E-state index contributed by atoms with van der Waals surface area (Å²) >= 11 is 18.5. The van der Waals surface area contributed by atoms with Crippen LogP contribution in [0, 0.1) is 6.92 Å². The van der Waals surface area contributed by atoms with Crippen LogP contribution in [0.4, 0.5) is 5.69 Å². The molecule has 0 bridgehead atoms. The Balaban J connectivity index is 1.65. The van der Waals surface area contributed by atoms with Gasteiger partial charge in [0.05, 0.1) is 29.0 Å². The summed E-state index contributed by atoms with van der Waals surface area (Å²) in [4.78, 5) is 27.1. The minimum atomic E-state index is -4.23. The summed E-state index contributed by atoms with van der Waals surface area (Å²) < 4.78 is 28.0. The van der Waals surface area contributed by atoms with Crippen molar-refractivity contribution in [3.05, 3.63) is 89.6 Å². The van der Waals surface area contributed by atoms with Crippen molar-refractivity contribution in [2.75, 3.05) is 11.6 Å². The molecule has 1 unspecified atom stereocenters. The molecule has 3 N–H and O–H groups in total. The van der Waals surface area contributed by atoms with Crippen LogP contribution in [0.5, 0.6) is 0 Å². The van der Waals surface area contributed by atoms with E-state index in [0.717, 1.165) is 5.56 Å². The zero-order valence-electron chi connectivity index (χ0n) is 17.6. The third kappa shape index (κ3) is 5.06. The molecule has 9 nitrogen and oxygen atoms in total. The fourth-order valence-electron chi connectivity index (χ4n) is 3.68. The van der Waals surface area contributed by atoms with E-state index in [9.17, 15) is 18.0 Å². The van der Waals surface area contributed by atoms with Gasteiger partial charge in [0, 0.05) is 22.2 Å². The second-order valence-electron chi connectivity index (χ2n) is 7.56. The topological polar surface area (TPSA) is 127 Å². The van der Waals surface area contributed by atoms with Gasteiger partial charge < -0.3 is 4.98 Å². The van der Waals surface area contributed by atoms with E-state index >= 15 is 0 Å². The largest absolute Gasteiger partial charge is 0.325 e. The SMILES string of the molecule is Cc1[nH]c(=O)[nH]c(=O)c1S(=O)(=O)NCC1=NN(c2ccc(Cl)cc2Cl)C(c2ccc(Cl)cc2)C1. The molecule has 0 amide bonds. The first-order valence-corrected chi connectivity index (χ1v) is 12.6. The number of aryl methyl sites for hydroxylation is 1. The number of hydrogen-bond donors (Lipinski definition) is 3. The maximum atomic E-state index is 12.8. The van der Waals surface area contributed by atoms with E-state index in [2.05, 4.69) is 14.8 Å². The Kier molecular flexibility index (Phi) is 6.88. The normalized spacial score (nSPS) is 16.1. The van der Waals surface area contributed by atoms with Crippen molar-refractivity contribution in [3.63, 3.8) is 0 Å². The summed E-state index contributed by atoms with van der Waals surface area (Å²) in [6.45, 7) is 1.17. The molecule has 0 saturated carbocycles. The van der Waals surface area contributed by atoms with Gasteiger partial charge in [0.1, 0.15) is 0 Å². The van der Waals surface area contributed by atoms with Crippen LogP contribution in [-0.4, -0.2) is 30.6 Å². The predicted molar refractivity (Wildman–Crippen MR) is 133 cm³/mol. The van der Waals surface area contributed by atoms with Gasteiger partial charge in [-0.1, -0.05) is 46.9 Å². The van der Waals surface area contributed by atoms with Crippen molar-refractivity contribution in [1.29, 1.82) is 0 Å². The second-order valence-corrected chi connectivity index (χ2v) is 10.5. The Morgan fingerprint density at radius 1 is 1.06 bits per heavy atom. The number of anilines is 1. The lowest BCUT2D eigenvalue weighted by molar-refractivity contribution is 0.582. The number of hydrazone groups is 1. The molecule has 178 valence electrons. The highest BCUT2D eigenvalue weighted by atomic mass is 35.5. The Morgan fingerprint density at radius 2 is 1.74 bits per heavy atom. The minimum Gasteiger partial charge on any atom is -0.310 e. The number of benzene rings is 2. The van der Waals surface area contributed by atoms with E-state index in [4.69, 9.17) is 34.8 Å². The summed E-state index contributed by atoms with van der Waals surface area (Å²) in [6.07, 6.45) is 0.379. The van der Waals surface area contributed by atoms with Crippen LogP contribution in [0.2, 0.25) is 15.1 Å². The molecule has 0 aliphatic carbocycles. The number of hydrogen-bond acceptors (Lipinski definition) is 6. The first-order chi connectivity index (χ1) is 16.0. The van der Waals surface area contributed by atoms with E-state index in [1.165, 1.54) is 6.92 Å². The number of halogens is 3. The quantitative estimate of drug-likeness (QED) is 0.438. The van der Waals surface area contributed by atoms with Crippen molar-refractivity contribution >= 4 is 56.2 Å². The average molecular weight is 543 g/mol. The number of sulfonamides is 1. The van der Waals surface area contributed by atoms with Crippen molar-refractivity contribution in [1.82, 2.24) is 14.7 Å². The molecule has 4 rings (SSSR count). The van der Waals surface area contributed by atoms with Crippen LogP contribution in [0.15, 0.2) is 62.1 Å². The summed E-state index contributed by atoms with van der Waals surface area (Å²) in [6, 6.07) is 11.9. The monoisotopic (exact) mass is 541 g/mol. The van der Waals surface area contributed by atoms with Gasteiger partial charge >= 0.3 is 5.69 Å². The molecule has 2 heterocycles. The molecular formula is C21H18Cl3N5O4S. The van der Waals surface area contributed by atoms with Gasteiger partial charge in [0.25, 0.3) is 5.56 Å². The highest BCUT2D eigenvalue weighted by Crippen LogP contribution is 2.39. The molecule has 0 fully saturated rings. The smallest absolute Gasteiger partial charge is 0.310 e. The fraction of sp³-hybridized carbons (Fsp3) is 0.190. The number of H-pyrrole nitrogens is 2. The van der Waals surface area contributed by atoms with Gasteiger partial charge in [-0.2, -0.15) is 5.10 Å². The minimum absolute atomic E-state index is 0.0665. The summed E-state index contributed by atoms with van der Waals surface area (Å²) in [5.74, 6) is 0. The van der Waals surface area contributed by atoms with E-state index in [0.29, 0.717) is 32.9 Å². The Bertz CT molecular complexity index is 1500. The Labute approximate surface area is 209 Å². The summed E-state index contributed by atoms with van der Waals surface area (Å²) in [5, 5.41) is 7.73. The van der Waals surface area contributed by atoms with Crippen molar-refractivity contribution in [2.45, 2.75) is 24.3 Å². The number of rotatable bonds is 6. The molecular weight excluding hydrogens is 525 g/mol. The molecule has 0 radical (unpaired) electrons. The second kappa shape index (κ2) is 9.55. The van der Waals surface area contributed by atoms with Crippen LogP contribution in [0.1, 0.15) is 23.7 Å². The van der Waals surface area contributed by atoms with E-state index < -0.39 is 26.2 Å². The lowest BCUT2D eigenvalue weighted by Gasteiger charge is -2.25. The Morgan fingerprint density at radius 3 is 2.38 bits per heavy atom. The van der Waals surface area contributed by atoms with Gasteiger partial charge in [-0.05, 0) is 42.8 Å². The maximum Gasteiger partial charge on any atom is 0.325 e. The molecule has 1 atom stereocenters. The number of aromatic nitrogens is 2. The van der Waals surface area contributed by atoms with Gasteiger partial charge in [0.2, 0.25) is 10.0 Å². The Hall–Kier alpha value is -2.63. The van der Waals surface area contributed by atoms with Crippen molar-refractivity contribution < 1.29 is 8.42 Å². The van der Waals surface area contributed by atoms with Gasteiger partial charge in [-0.3, -0.25) is 14.8 Å². The average Bonchev–Trinajstić information content (AvgIpc) is 3.16. The molecule has 1 aromatic heterocycles. The first-order valence-electron chi connectivity index (χ1n) is 9.94.